The maximum atomic E-state index is 12.5. The van der Waals surface area contributed by atoms with Crippen LogP contribution in [-0.4, -0.2) is 45.1 Å². The van der Waals surface area contributed by atoms with Crippen LogP contribution in [0.2, 0.25) is 0 Å². The molecular weight excluding hydrogens is 426 g/mol. The Morgan fingerprint density at radius 1 is 1.09 bits per heavy atom. The van der Waals surface area contributed by atoms with E-state index in [2.05, 4.69) is 20.8 Å². The van der Waals surface area contributed by atoms with Gasteiger partial charge in [0.25, 0.3) is 0 Å². The molecule has 32 heavy (non-hydrogen) atoms. The Labute approximate surface area is 190 Å². The molecule has 1 aromatic heterocycles. The summed E-state index contributed by atoms with van der Waals surface area (Å²) in [4.78, 5) is 24.5. The quantitative estimate of drug-likeness (QED) is 0.532. The summed E-state index contributed by atoms with van der Waals surface area (Å²) in [6, 6.07) is 15.3. The predicted octanol–water partition coefficient (Wildman–Crippen LogP) is 3.72. The first-order chi connectivity index (χ1) is 15.4. The topological polar surface area (TPSA) is 98.1 Å². The van der Waals surface area contributed by atoms with Crippen molar-refractivity contribution >= 4 is 23.7 Å². The van der Waals surface area contributed by atoms with E-state index in [1.54, 1.807) is 14.0 Å². The fourth-order valence-corrected chi connectivity index (χ4v) is 3.94. The SMILES string of the molecule is COc1ccc(-c2nnc(SC(C)C(=O)NC(=O)NC3CC3)n2-c2ccc(C)cc2)cc1. The second-order valence-corrected chi connectivity index (χ2v) is 9.01. The molecular formula is C23H25N5O3S. The van der Waals surface area contributed by atoms with Crippen LogP contribution in [0.15, 0.2) is 53.7 Å². The van der Waals surface area contributed by atoms with Gasteiger partial charge in [-0.2, -0.15) is 0 Å². The molecule has 1 saturated carbocycles. The number of hydrogen-bond acceptors (Lipinski definition) is 6. The minimum Gasteiger partial charge on any atom is -0.497 e. The summed E-state index contributed by atoms with van der Waals surface area (Å²) in [7, 11) is 1.62. The van der Waals surface area contributed by atoms with Crippen LogP contribution in [0.1, 0.15) is 25.3 Å². The van der Waals surface area contributed by atoms with Crippen LogP contribution in [0.25, 0.3) is 17.1 Å². The van der Waals surface area contributed by atoms with Gasteiger partial charge in [-0.3, -0.25) is 14.7 Å². The first-order valence-corrected chi connectivity index (χ1v) is 11.3. The van der Waals surface area contributed by atoms with Gasteiger partial charge in [0.05, 0.1) is 12.4 Å². The minimum absolute atomic E-state index is 0.183. The van der Waals surface area contributed by atoms with E-state index in [0.717, 1.165) is 35.4 Å². The summed E-state index contributed by atoms with van der Waals surface area (Å²) >= 11 is 1.25. The van der Waals surface area contributed by atoms with Gasteiger partial charge in [-0.1, -0.05) is 29.5 Å². The van der Waals surface area contributed by atoms with E-state index < -0.39 is 11.3 Å². The molecule has 0 aliphatic heterocycles. The fourth-order valence-electron chi connectivity index (χ4n) is 3.07. The Kier molecular flexibility index (Phi) is 6.45. The number of aromatic nitrogens is 3. The number of methoxy groups -OCH3 is 1. The largest absolute Gasteiger partial charge is 0.497 e. The van der Waals surface area contributed by atoms with Gasteiger partial charge >= 0.3 is 6.03 Å². The maximum Gasteiger partial charge on any atom is 0.321 e. The smallest absolute Gasteiger partial charge is 0.321 e. The Morgan fingerprint density at radius 3 is 2.41 bits per heavy atom. The number of nitrogens with one attached hydrogen (secondary N) is 2. The highest BCUT2D eigenvalue weighted by Gasteiger charge is 2.26. The average molecular weight is 452 g/mol. The van der Waals surface area contributed by atoms with E-state index in [9.17, 15) is 9.59 Å². The number of thioether (sulfide) groups is 1. The van der Waals surface area contributed by atoms with Crippen LogP contribution in [-0.2, 0) is 4.79 Å². The van der Waals surface area contributed by atoms with Gasteiger partial charge in [0.1, 0.15) is 5.75 Å². The highest BCUT2D eigenvalue weighted by atomic mass is 32.2. The summed E-state index contributed by atoms with van der Waals surface area (Å²) in [6.45, 7) is 3.76. The monoisotopic (exact) mass is 451 g/mol. The fraction of sp³-hybridized carbons (Fsp3) is 0.304. The number of rotatable bonds is 7. The third kappa shape index (κ3) is 5.11. The molecule has 9 heteroatoms. The first kappa shape index (κ1) is 21.9. The second kappa shape index (κ2) is 9.44. The van der Waals surface area contributed by atoms with E-state index in [0.29, 0.717) is 11.0 Å². The lowest BCUT2D eigenvalue weighted by atomic mass is 10.2. The normalized spacial score (nSPS) is 14.0. The van der Waals surface area contributed by atoms with Gasteiger partial charge in [-0.25, -0.2) is 4.79 Å². The molecule has 4 rings (SSSR count). The van der Waals surface area contributed by atoms with Gasteiger partial charge in [0, 0.05) is 17.3 Å². The lowest BCUT2D eigenvalue weighted by Gasteiger charge is -2.14. The number of amides is 3. The molecule has 3 amide bonds. The highest BCUT2D eigenvalue weighted by molar-refractivity contribution is 8.00. The van der Waals surface area contributed by atoms with E-state index in [1.165, 1.54) is 11.8 Å². The molecule has 1 unspecified atom stereocenters. The summed E-state index contributed by atoms with van der Waals surface area (Å²) in [5.74, 6) is 1.02. The standard InChI is InChI=1S/C23H25N5O3S/c1-14-4-10-18(11-5-14)28-20(16-6-12-19(31-3)13-7-16)26-27-23(28)32-15(2)21(29)25-22(30)24-17-8-9-17/h4-7,10-13,15,17H,8-9H2,1-3H3,(H2,24,25,29,30). The zero-order valence-corrected chi connectivity index (χ0v) is 19.0. The number of aryl methyl sites for hydroxylation is 1. The van der Waals surface area contributed by atoms with Crippen LogP contribution in [0, 0.1) is 6.92 Å². The molecule has 0 radical (unpaired) electrons. The van der Waals surface area contributed by atoms with Crippen molar-refractivity contribution in [2.75, 3.05) is 7.11 Å². The van der Waals surface area contributed by atoms with Gasteiger partial charge in [-0.05, 0) is 63.1 Å². The number of hydrogen-bond donors (Lipinski definition) is 2. The third-order valence-corrected chi connectivity index (χ3v) is 6.12. The molecule has 0 spiro atoms. The Hall–Kier alpha value is -3.33. The Morgan fingerprint density at radius 2 is 1.78 bits per heavy atom. The molecule has 1 atom stereocenters. The number of carbonyl (C=O) groups excluding carboxylic acids is 2. The van der Waals surface area contributed by atoms with E-state index in [1.807, 2.05) is 60.0 Å². The number of nitrogens with zero attached hydrogens (tertiary/aromatic N) is 3. The van der Waals surface area contributed by atoms with Crippen molar-refractivity contribution in [2.24, 2.45) is 0 Å². The zero-order valence-electron chi connectivity index (χ0n) is 18.2. The number of benzene rings is 2. The molecule has 8 nitrogen and oxygen atoms in total. The number of ether oxygens (including phenoxy) is 1. The number of urea groups is 1. The second-order valence-electron chi connectivity index (χ2n) is 7.70. The van der Waals surface area contributed by atoms with Crippen molar-refractivity contribution < 1.29 is 14.3 Å². The average Bonchev–Trinajstić information content (AvgIpc) is 3.51. The molecule has 2 N–H and O–H groups in total. The predicted molar refractivity (Wildman–Crippen MR) is 123 cm³/mol. The van der Waals surface area contributed by atoms with Crippen LogP contribution >= 0.6 is 11.8 Å². The summed E-state index contributed by atoms with van der Waals surface area (Å²) in [5, 5.41) is 13.9. The van der Waals surface area contributed by atoms with Crippen molar-refractivity contribution in [3.05, 3.63) is 54.1 Å². The van der Waals surface area contributed by atoms with Crippen molar-refractivity contribution in [2.45, 2.75) is 43.1 Å². The van der Waals surface area contributed by atoms with Crippen LogP contribution in [0.3, 0.4) is 0 Å². The first-order valence-electron chi connectivity index (χ1n) is 10.4. The molecule has 1 aliphatic carbocycles. The summed E-state index contributed by atoms with van der Waals surface area (Å²) in [6.07, 6.45) is 1.92. The molecule has 2 aromatic carbocycles. The molecule has 1 fully saturated rings. The molecule has 0 saturated heterocycles. The van der Waals surface area contributed by atoms with Gasteiger partial charge < -0.3 is 10.1 Å². The Bertz CT molecular complexity index is 1110. The third-order valence-electron chi connectivity index (χ3n) is 5.07. The lowest BCUT2D eigenvalue weighted by Crippen LogP contribution is -2.43. The molecule has 1 aliphatic rings. The van der Waals surface area contributed by atoms with E-state index in [-0.39, 0.29) is 11.9 Å². The van der Waals surface area contributed by atoms with Crippen LogP contribution < -0.4 is 15.4 Å². The van der Waals surface area contributed by atoms with Gasteiger partial charge in [-0.15, -0.1) is 10.2 Å². The molecule has 0 bridgehead atoms. The van der Waals surface area contributed by atoms with Crippen LogP contribution in [0.5, 0.6) is 5.75 Å². The minimum atomic E-state index is -0.544. The Balaban J connectivity index is 1.60. The van der Waals surface area contributed by atoms with Crippen molar-refractivity contribution in [1.29, 1.82) is 0 Å². The van der Waals surface area contributed by atoms with Crippen molar-refractivity contribution in [3.63, 3.8) is 0 Å². The number of imide groups is 1. The zero-order chi connectivity index (χ0) is 22.7. The van der Waals surface area contributed by atoms with Crippen LogP contribution in [0.4, 0.5) is 4.79 Å². The summed E-state index contributed by atoms with van der Waals surface area (Å²) < 4.78 is 7.17. The molecule has 1 heterocycles. The van der Waals surface area contributed by atoms with Gasteiger partial charge in [0.15, 0.2) is 11.0 Å². The van der Waals surface area contributed by atoms with Gasteiger partial charge in [0.2, 0.25) is 5.91 Å². The van der Waals surface area contributed by atoms with E-state index >= 15 is 0 Å². The lowest BCUT2D eigenvalue weighted by molar-refractivity contribution is -0.119. The number of carbonyl (C=O) groups is 2. The van der Waals surface area contributed by atoms with E-state index in [4.69, 9.17) is 4.74 Å². The van der Waals surface area contributed by atoms with Crippen molar-refractivity contribution in [3.8, 4) is 22.8 Å². The molecule has 166 valence electrons. The summed E-state index contributed by atoms with van der Waals surface area (Å²) in [5.41, 5.74) is 2.89. The highest BCUT2D eigenvalue weighted by Crippen LogP contribution is 2.31. The maximum absolute atomic E-state index is 12.5. The molecule has 3 aromatic rings. The van der Waals surface area contributed by atoms with Crippen molar-refractivity contribution in [1.82, 2.24) is 25.4 Å².